The minimum absolute atomic E-state index is 0.0416. The van der Waals surface area contributed by atoms with E-state index in [1.165, 1.54) is 11.3 Å². The van der Waals surface area contributed by atoms with Crippen LogP contribution in [0.4, 0.5) is 10.3 Å². The summed E-state index contributed by atoms with van der Waals surface area (Å²) < 4.78 is 0. The quantitative estimate of drug-likeness (QED) is 0.795. The number of nitrogens with two attached hydrogens (primary N) is 1. The monoisotopic (exact) mass is 214 g/mol. The third-order valence-electron chi connectivity index (χ3n) is 2.08. The molecule has 78 valence electrons. The van der Waals surface area contributed by atoms with Gasteiger partial charge in [0.1, 0.15) is 0 Å². The molecular weight excluding hydrogens is 200 g/mol. The SMILES string of the molecule is CC(C)C(C)C(=O)Nc1nnc(N)s1. The van der Waals surface area contributed by atoms with E-state index >= 15 is 0 Å². The Labute approximate surface area is 86.7 Å². The number of amides is 1. The van der Waals surface area contributed by atoms with Crippen LogP contribution in [0.25, 0.3) is 0 Å². The summed E-state index contributed by atoms with van der Waals surface area (Å²) >= 11 is 1.17. The van der Waals surface area contributed by atoms with E-state index in [9.17, 15) is 4.79 Å². The van der Waals surface area contributed by atoms with Crippen LogP contribution in [-0.2, 0) is 4.79 Å². The van der Waals surface area contributed by atoms with Crippen molar-refractivity contribution in [1.29, 1.82) is 0 Å². The molecule has 0 bridgehead atoms. The van der Waals surface area contributed by atoms with E-state index in [1.54, 1.807) is 0 Å². The van der Waals surface area contributed by atoms with Crippen LogP contribution in [-0.4, -0.2) is 16.1 Å². The average Bonchev–Trinajstić information content (AvgIpc) is 2.49. The number of anilines is 2. The Balaban J connectivity index is 2.57. The molecule has 6 heteroatoms. The molecule has 1 amide bonds. The summed E-state index contributed by atoms with van der Waals surface area (Å²) in [5, 5.41) is 10.8. The molecular formula is C8H14N4OS. The van der Waals surface area contributed by atoms with Crippen molar-refractivity contribution in [2.75, 3.05) is 11.1 Å². The summed E-state index contributed by atoms with van der Waals surface area (Å²) in [7, 11) is 0. The Hall–Kier alpha value is -1.17. The first-order valence-corrected chi connectivity index (χ1v) is 5.22. The van der Waals surface area contributed by atoms with Crippen LogP contribution in [0, 0.1) is 11.8 Å². The molecule has 0 aliphatic heterocycles. The zero-order chi connectivity index (χ0) is 10.7. The van der Waals surface area contributed by atoms with Gasteiger partial charge < -0.3 is 11.1 Å². The molecule has 0 fully saturated rings. The van der Waals surface area contributed by atoms with Gasteiger partial charge in [0.2, 0.25) is 16.2 Å². The lowest BCUT2D eigenvalue weighted by atomic mass is 9.97. The number of aromatic nitrogens is 2. The fourth-order valence-electron chi connectivity index (χ4n) is 0.807. The normalized spacial score (nSPS) is 12.9. The summed E-state index contributed by atoms with van der Waals surface area (Å²) in [6.45, 7) is 5.88. The van der Waals surface area contributed by atoms with Crippen molar-refractivity contribution in [3.8, 4) is 0 Å². The lowest BCUT2D eigenvalue weighted by Crippen LogP contribution is -2.24. The average molecular weight is 214 g/mol. The van der Waals surface area contributed by atoms with Gasteiger partial charge in [-0.1, -0.05) is 32.1 Å². The highest BCUT2D eigenvalue weighted by atomic mass is 32.1. The van der Waals surface area contributed by atoms with Gasteiger partial charge in [0.25, 0.3) is 0 Å². The Morgan fingerprint density at radius 3 is 2.50 bits per heavy atom. The number of carbonyl (C=O) groups excluding carboxylic acids is 1. The molecule has 0 aliphatic rings. The molecule has 1 heterocycles. The lowest BCUT2D eigenvalue weighted by molar-refractivity contribution is -0.120. The van der Waals surface area contributed by atoms with E-state index in [1.807, 2.05) is 20.8 Å². The molecule has 0 aliphatic carbocycles. The molecule has 0 spiro atoms. The Morgan fingerprint density at radius 1 is 1.43 bits per heavy atom. The van der Waals surface area contributed by atoms with E-state index in [0.29, 0.717) is 16.2 Å². The van der Waals surface area contributed by atoms with Crippen LogP contribution < -0.4 is 11.1 Å². The van der Waals surface area contributed by atoms with Gasteiger partial charge in [-0.25, -0.2) is 0 Å². The third-order valence-corrected chi connectivity index (χ3v) is 2.75. The zero-order valence-corrected chi connectivity index (χ0v) is 9.26. The molecule has 1 aromatic rings. The Morgan fingerprint density at radius 2 is 2.07 bits per heavy atom. The fraction of sp³-hybridized carbons (Fsp3) is 0.625. The van der Waals surface area contributed by atoms with Crippen molar-refractivity contribution in [2.24, 2.45) is 11.8 Å². The van der Waals surface area contributed by atoms with Gasteiger partial charge >= 0.3 is 0 Å². The predicted octanol–water partition coefficient (Wildman–Crippen LogP) is 1.35. The first-order chi connectivity index (χ1) is 6.50. The second kappa shape index (κ2) is 4.36. The van der Waals surface area contributed by atoms with E-state index in [-0.39, 0.29) is 11.8 Å². The third kappa shape index (κ3) is 2.66. The largest absolute Gasteiger partial charge is 0.374 e. The van der Waals surface area contributed by atoms with Crippen molar-refractivity contribution in [2.45, 2.75) is 20.8 Å². The summed E-state index contributed by atoms with van der Waals surface area (Å²) in [6.07, 6.45) is 0. The van der Waals surface area contributed by atoms with Crippen LogP contribution in [0.2, 0.25) is 0 Å². The van der Waals surface area contributed by atoms with Crippen LogP contribution in [0.3, 0.4) is 0 Å². The fourth-order valence-corrected chi connectivity index (χ4v) is 1.32. The molecule has 3 N–H and O–H groups in total. The van der Waals surface area contributed by atoms with Crippen molar-refractivity contribution < 1.29 is 4.79 Å². The maximum Gasteiger partial charge on any atom is 0.229 e. The molecule has 0 aromatic carbocycles. The molecule has 1 unspecified atom stereocenters. The van der Waals surface area contributed by atoms with Crippen LogP contribution in [0.15, 0.2) is 0 Å². The molecule has 14 heavy (non-hydrogen) atoms. The molecule has 0 saturated carbocycles. The molecule has 0 saturated heterocycles. The summed E-state index contributed by atoms with van der Waals surface area (Å²) in [4.78, 5) is 11.6. The number of rotatable bonds is 3. The van der Waals surface area contributed by atoms with Crippen LogP contribution in [0.1, 0.15) is 20.8 Å². The zero-order valence-electron chi connectivity index (χ0n) is 8.44. The highest BCUT2D eigenvalue weighted by Gasteiger charge is 2.17. The highest BCUT2D eigenvalue weighted by molar-refractivity contribution is 7.18. The standard InChI is InChI=1S/C8H14N4OS/c1-4(2)5(3)6(13)10-8-12-11-7(9)14-8/h4-5H,1-3H3,(H2,9,11)(H,10,12,13). The van der Waals surface area contributed by atoms with Crippen molar-refractivity contribution >= 4 is 27.5 Å². The Bertz CT molecular complexity index is 323. The molecule has 5 nitrogen and oxygen atoms in total. The highest BCUT2D eigenvalue weighted by Crippen LogP contribution is 2.18. The predicted molar refractivity (Wildman–Crippen MR) is 57.0 cm³/mol. The van der Waals surface area contributed by atoms with E-state index in [0.717, 1.165) is 0 Å². The minimum atomic E-state index is -0.0452. The molecule has 1 rings (SSSR count). The number of nitrogen functional groups attached to an aromatic ring is 1. The first-order valence-electron chi connectivity index (χ1n) is 4.40. The van der Waals surface area contributed by atoms with Crippen molar-refractivity contribution in [3.63, 3.8) is 0 Å². The van der Waals surface area contributed by atoms with Crippen LogP contribution in [0.5, 0.6) is 0 Å². The number of hydrogen-bond donors (Lipinski definition) is 2. The summed E-state index contributed by atoms with van der Waals surface area (Å²) in [6, 6.07) is 0. The maximum atomic E-state index is 11.6. The van der Waals surface area contributed by atoms with Crippen molar-refractivity contribution in [3.05, 3.63) is 0 Å². The molecule has 0 radical (unpaired) electrons. The minimum Gasteiger partial charge on any atom is -0.374 e. The Kier molecular flexibility index (Phi) is 3.40. The van der Waals surface area contributed by atoms with Gasteiger partial charge in [0.05, 0.1) is 0 Å². The molecule has 1 aromatic heterocycles. The van der Waals surface area contributed by atoms with E-state index < -0.39 is 0 Å². The van der Waals surface area contributed by atoms with Crippen LogP contribution >= 0.6 is 11.3 Å². The van der Waals surface area contributed by atoms with Gasteiger partial charge in [-0.3, -0.25) is 4.79 Å². The van der Waals surface area contributed by atoms with Crippen molar-refractivity contribution in [1.82, 2.24) is 10.2 Å². The number of hydrogen-bond acceptors (Lipinski definition) is 5. The van der Waals surface area contributed by atoms with E-state index in [4.69, 9.17) is 5.73 Å². The summed E-state index contributed by atoms with van der Waals surface area (Å²) in [5.41, 5.74) is 5.38. The smallest absolute Gasteiger partial charge is 0.229 e. The maximum absolute atomic E-state index is 11.6. The molecule has 1 atom stereocenters. The number of nitrogens with zero attached hydrogens (tertiary/aromatic N) is 2. The van der Waals surface area contributed by atoms with E-state index in [2.05, 4.69) is 15.5 Å². The summed E-state index contributed by atoms with van der Waals surface area (Å²) in [5.74, 6) is 0.219. The second-order valence-electron chi connectivity index (χ2n) is 3.47. The number of carbonyl (C=O) groups is 1. The number of nitrogens with one attached hydrogen (secondary N) is 1. The first kappa shape index (κ1) is 10.9. The second-order valence-corrected chi connectivity index (χ2v) is 4.48. The van der Waals surface area contributed by atoms with Gasteiger partial charge in [-0.05, 0) is 5.92 Å². The van der Waals surface area contributed by atoms with Gasteiger partial charge in [-0.15, -0.1) is 10.2 Å². The van der Waals surface area contributed by atoms with Gasteiger partial charge in [-0.2, -0.15) is 0 Å². The van der Waals surface area contributed by atoms with Gasteiger partial charge in [0.15, 0.2) is 0 Å². The van der Waals surface area contributed by atoms with Gasteiger partial charge in [0, 0.05) is 5.92 Å². The lowest BCUT2D eigenvalue weighted by Gasteiger charge is -2.13. The topological polar surface area (TPSA) is 80.9 Å².